The number of hydrogen-bond acceptors (Lipinski definition) is 6. The van der Waals surface area contributed by atoms with Crippen molar-refractivity contribution in [3.63, 3.8) is 0 Å². The molecule has 0 aliphatic carbocycles. The highest BCUT2D eigenvalue weighted by molar-refractivity contribution is 5.45. The number of anilines is 1. The number of hydrogen-bond donors (Lipinski definition) is 2. The van der Waals surface area contributed by atoms with Crippen LogP contribution in [-0.4, -0.2) is 28.0 Å². The maximum atomic E-state index is 9.20. The van der Waals surface area contributed by atoms with Crippen molar-refractivity contribution in [1.82, 2.24) is 10.1 Å². The summed E-state index contributed by atoms with van der Waals surface area (Å²) in [5, 5.41) is 16.3. The fraction of sp³-hybridized carbons (Fsp3) is 0.429. The molecule has 0 saturated carbocycles. The Kier molecular flexibility index (Phi) is 3.83. The second-order valence-corrected chi connectivity index (χ2v) is 4.84. The molecule has 1 atom stereocenters. The Labute approximate surface area is 116 Å². The van der Waals surface area contributed by atoms with E-state index in [0.717, 1.165) is 25.1 Å². The van der Waals surface area contributed by atoms with E-state index in [4.69, 9.17) is 9.26 Å². The number of nitrogens with one attached hydrogen (secondary N) is 1. The minimum Gasteiger partial charge on any atom is -0.508 e. The van der Waals surface area contributed by atoms with Gasteiger partial charge < -0.3 is 19.7 Å². The van der Waals surface area contributed by atoms with Crippen molar-refractivity contribution >= 4 is 5.69 Å². The average molecular weight is 275 g/mol. The lowest BCUT2D eigenvalue weighted by Gasteiger charge is -2.04. The number of phenolic OH excluding ortho intramolecular Hbond substituents is 1. The topological polar surface area (TPSA) is 80.4 Å². The minimum absolute atomic E-state index is 0.227. The SMILES string of the molecule is Oc1ccc(NCc2nc(CC3CCCO3)no2)cc1. The van der Waals surface area contributed by atoms with Gasteiger partial charge in [-0.05, 0) is 37.1 Å². The standard InChI is InChI=1S/C14H17N3O3/c18-11-5-3-10(4-6-11)15-9-14-16-13(17-20-14)8-12-2-1-7-19-12/h3-6,12,15,18H,1-2,7-9H2. The summed E-state index contributed by atoms with van der Waals surface area (Å²) in [6.45, 7) is 1.29. The molecule has 0 bridgehead atoms. The molecule has 2 aromatic rings. The quantitative estimate of drug-likeness (QED) is 0.813. The molecule has 3 rings (SSSR count). The number of aromatic hydroxyl groups is 1. The summed E-state index contributed by atoms with van der Waals surface area (Å²) in [5.74, 6) is 1.48. The van der Waals surface area contributed by atoms with Crippen molar-refractivity contribution in [1.29, 1.82) is 0 Å². The Morgan fingerprint density at radius 1 is 1.30 bits per heavy atom. The molecule has 2 heterocycles. The highest BCUT2D eigenvalue weighted by Crippen LogP contribution is 2.17. The lowest BCUT2D eigenvalue weighted by atomic mass is 10.2. The predicted molar refractivity (Wildman–Crippen MR) is 72.4 cm³/mol. The third-order valence-corrected chi connectivity index (χ3v) is 3.26. The van der Waals surface area contributed by atoms with Crippen LogP contribution in [0.5, 0.6) is 5.75 Å². The third kappa shape index (κ3) is 3.27. The largest absolute Gasteiger partial charge is 0.508 e. The van der Waals surface area contributed by atoms with E-state index in [0.29, 0.717) is 24.7 Å². The molecule has 106 valence electrons. The van der Waals surface area contributed by atoms with E-state index < -0.39 is 0 Å². The molecule has 1 aromatic heterocycles. The molecule has 1 aromatic carbocycles. The number of rotatable bonds is 5. The molecule has 1 saturated heterocycles. The number of ether oxygens (including phenoxy) is 1. The van der Waals surface area contributed by atoms with Gasteiger partial charge in [-0.2, -0.15) is 4.98 Å². The van der Waals surface area contributed by atoms with Crippen LogP contribution in [0.15, 0.2) is 28.8 Å². The molecule has 1 unspecified atom stereocenters. The van der Waals surface area contributed by atoms with E-state index in [9.17, 15) is 5.11 Å². The smallest absolute Gasteiger partial charge is 0.245 e. The van der Waals surface area contributed by atoms with E-state index in [1.165, 1.54) is 0 Å². The van der Waals surface area contributed by atoms with Crippen LogP contribution in [0.2, 0.25) is 0 Å². The zero-order valence-electron chi connectivity index (χ0n) is 11.1. The summed E-state index contributed by atoms with van der Waals surface area (Å²) in [5.41, 5.74) is 0.890. The Morgan fingerprint density at radius 2 is 2.15 bits per heavy atom. The normalized spacial score (nSPS) is 18.3. The van der Waals surface area contributed by atoms with Gasteiger partial charge in [-0.15, -0.1) is 0 Å². The first-order chi connectivity index (χ1) is 9.79. The molecule has 6 nitrogen and oxygen atoms in total. The van der Waals surface area contributed by atoms with Crippen molar-refractivity contribution in [2.75, 3.05) is 11.9 Å². The molecule has 1 aliphatic heterocycles. The van der Waals surface area contributed by atoms with Crippen LogP contribution < -0.4 is 5.32 Å². The van der Waals surface area contributed by atoms with Gasteiger partial charge in [0, 0.05) is 18.7 Å². The maximum Gasteiger partial charge on any atom is 0.245 e. The lowest BCUT2D eigenvalue weighted by Crippen LogP contribution is -2.10. The van der Waals surface area contributed by atoms with Crippen LogP contribution in [-0.2, 0) is 17.7 Å². The molecule has 20 heavy (non-hydrogen) atoms. The summed E-state index contributed by atoms with van der Waals surface area (Å²) in [6, 6.07) is 6.83. The van der Waals surface area contributed by atoms with Gasteiger partial charge >= 0.3 is 0 Å². The van der Waals surface area contributed by atoms with Gasteiger partial charge in [0.2, 0.25) is 5.89 Å². The lowest BCUT2D eigenvalue weighted by molar-refractivity contribution is 0.109. The molecule has 0 spiro atoms. The molecule has 0 radical (unpaired) electrons. The molecule has 0 amide bonds. The number of nitrogens with zero attached hydrogens (tertiary/aromatic N) is 2. The summed E-state index contributed by atoms with van der Waals surface area (Å²) >= 11 is 0. The van der Waals surface area contributed by atoms with Crippen molar-refractivity contribution in [2.24, 2.45) is 0 Å². The summed E-state index contributed by atoms with van der Waals surface area (Å²) < 4.78 is 10.7. The van der Waals surface area contributed by atoms with E-state index in [-0.39, 0.29) is 11.9 Å². The first kappa shape index (κ1) is 12.9. The molecule has 2 N–H and O–H groups in total. The zero-order valence-corrected chi connectivity index (χ0v) is 11.1. The Balaban J connectivity index is 1.52. The van der Waals surface area contributed by atoms with Crippen LogP contribution >= 0.6 is 0 Å². The van der Waals surface area contributed by atoms with Crippen LogP contribution in [0.4, 0.5) is 5.69 Å². The molecule has 6 heteroatoms. The van der Waals surface area contributed by atoms with Gasteiger partial charge in [0.25, 0.3) is 0 Å². The van der Waals surface area contributed by atoms with E-state index in [1.807, 2.05) is 0 Å². The van der Waals surface area contributed by atoms with E-state index >= 15 is 0 Å². The van der Waals surface area contributed by atoms with Crippen LogP contribution in [0.3, 0.4) is 0 Å². The maximum absolute atomic E-state index is 9.20. The highest BCUT2D eigenvalue weighted by Gasteiger charge is 2.18. The number of benzene rings is 1. The summed E-state index contributed by atoms with van der Waals surface area (Å²) in [7, 11) is 0. The first-order valence-corrected chi connectivity index (χ1v) is 6.75. The van der Waals surface area contributed by atoms with Crippen molar-refractivity contribution < 1.29 is 14.4 Å². The van der Waals surface area contributed by atoms with Crippen molar-refractivity contribution in [3.05, 3.63) is 36.0 Å². The Bertz CT molecular complexity index is 547. The number of phenols is 1. The molecule has 1 aliphatic rings. The Morgan fingerprint density at radius 3 is 2.90 bits per heavy atom. The van der Waals surface area contributed by atoms with E-state index in [2.05, 4.69) is 15.5 Å². The van der Waals surface area contributed by atoms with Crippen LogP contribution in [0, 0.1) is 0 Å². The zero-order chi connectivity index (χ0) is 13.8. The van der Waals surface area contributed by atoms with Crippen molar-refractivity contribution in [3.8, 4) is 5.75 Å². The second kappa shape index (κ2) is 5.92. The van der Waals surface area contributed by atoms with Gasteiger partial charge in [0.1, 0.15) is 5.75 Å². The first-order valence-electron chi connectivity index (χ1n) is 6.75. The fourth-order valence-electron chi connectivity index (χ4n) is 2.21. The molecule has 1 fully saturated rings. The van der Waals surface area contributed by atoms with Crippen LogP contribution in [0.1, 0.15) is 24.6 Å². The molecular weight excluding hydrogens is 258 g/mol. The Hall–Kier alpha value is -2.08. The summed E-state index contributed by atoms with van der Waals surface area (Å²) in [4.78, 5) is 4.34. The summed E-state index contributed by atoms with van der Waals surface area (Å²) in [6.07, 6.45) is 3.11. The second-order valence-electron chi connectivity index (χ2n) is 4.84. The predicted octanol–water partition coefficient (Wildman–Crippen LogP) is 2.11. The number of aromatic nitrogens is 2. The highest BCUT2D eigenvalue weighted by atomic mass is 16.5. The van der Waals surface area contributed by atoms with Gasteiger partial charge in [-0.1, -0.05) is 5.16 Å². The van der Waals surface area contributed by atoms with Crippen molar-refractivity contribution in [2.45, 2.75) is 31.9 Å². The van der Waals surface area contributed by atoms with Gasteiger partial charge in [0.05, 0.1) is 12.6 Å². The van der Waals surface area contributed by atoms with Crippen LogP contribution in [0.25, 0.3) is 0 Å². The average Bonchev–Trinajstić information content (AvgIpc) is 3.11. The van der Waals surface area contributed by atoms with E-state index in [1.54, 1.807) is 24.3 Å². The monoisotopic (exact) mass is 275 g/mol. The molecular formula is C14H17N3O3. The fourth-order valence-corrected chi connectivity index (χ4v) is 2.21. The van der Waals surface area contributed by atoms with Gasteiger partial charge in [-0.25, -0.2) is 0 Å². The van der Waals surface area contributed by atoms with Gasteiger partial charge in [0.15, 0.2) is 5.82 Å². The third-order valence-electron chi connectivity index (χ3n) is 3.26. The van der Waals surface area contributed by atoms with Gasteiger partial charge in [-0.3, -0.25) is 0 Å². The minimum atomic E-state index is 0.227.